The molecule has 1 heterocycles. The van der Waals surface area contributed by atoms with Crippen LogP contribution in [0.5, 0.6) is 5.75 Å². The van der Waals surface area contributed by atoms with E-state index in [1.165, 1.54) is 0 Å². The van der Waals surface area contributed by atoms with Crippen molar-refractivity contribution in [3.05, 3.63) is 65.5 Å². The summed E-state index contributed by atoms with van der Waals surface area (Å²) in [5.41, 5.74) is 8.66. The molecule has 132 valence electrons. The van der Waals surface area contributed by atoms with Crippen molar-refractivity contribution in [2.24, 2.45) is 5.73 Å². The molecule has 0 aliphatic heterocycles. The van der Waals surface area contributed by atoms with Crippen LogP contribution >= 0.6 is 12.4 Å². The van der Waals surface area contributed by atoms with Crippen molar-refractivity contribution in [2.45, 2.75) is 32.9 Å². The van der Waals surface area contributed by atoms with Gasteiger partial charge in [0.15, 0.2) is 6.10 Å². The van der Waals surface area contributed by atoms with Gasteiger partial charge in [0.25, 0.3) is 5.89 Å². The fraction of sp³-hybridized carbons (Fsp3) is 0.263. The molecule has 0 amide bonds. The minimum atomic E-state index is -0.268. The molecule has 0 radical (unpaired) electrons. The van der Waals surface area contributed by atoms with Gasteiger partial charge in [-0.15, -0.1) is 12.4 Å². The van der Waals surface area contributed by atoms with Crippen LogP contribution in [0, 0.1) is 6.92 Å². The minimum absolute atomic E-state index is 0. The highest BCUT2D eigenvalue weighted by Gasteiger charge is 2.20. The van der Waals surface area contributed by atoms with Crippen LogP contribution in [0.3, 0.4) is 0 Å². The smallest absolute Gasteiger partial charge is 0.268 e. The van der Waals surface area contributed by atoms with Crippen molar-refractivity contribution in [3.63, 3.8) is 0 Å². The van der Waals surface area contributed by atoms with Gasteiger partial charge in [-0.25, -0.2) is 0 Å². The lowest BCUT2D eigenvalue weighted by Crippen LogP contribution is -2.07. The third-order valence-electron chi connectivity index (χ3n) is 3.90. The Labute approximate surface area is 153 Å². The van der Waals surface area contributed by atoms with Gasteiger partial charge in [-0.3, -0.25) is 0 Å². The first-order valence-corrected chi connectivity index (χ1v) is 8.06. The van der Waals surface area contributed by atoms with E-state index in [0.717, 1.165) is 28.9 Å². The Hall–Kier alpha value is -2.37. The zero-order valence-electron chi connectivity index (χ0n) is 14.3. The number of nitrogens with two attached hydrogens (primary N) is 1. The highest BCUT2D eigenvalue weighted by molar-refractivity contribution is 5.85. The molecular formula is C19H22ClN3O2. The van der Waals surface area contributed by atoms with E-state index >= 15 is 0 Å². The molecule has 1 unspecified atom stereocenters. The van der Waals surface area contributed by atoms with Crippen LogP contribution < -0.4 is 10.5 Å². The Balaban J connectivity index is 0.00000225. The van der Waals surface area contributed by atoms with Crippen molar-refractivity contribution >= 4 is 12.4 Å². The van der Waals surface area contributed by atoms with E-state index < -0.39 is 0 Å². The van der Waals surface area contributed by atoms with Crippen molar-refractivity contribution < 1.29 is 9.26 Å². The van der Waals surface area contributed by atoms with E-state index in [1.807, 2.05) is 62.4 Å². The van der Waals surface area contributed by atoms with E-state index in [2.05, 4.69) is 10.1 Å². The Morgan fingerprint density at radius 1 is 1.12 bits per heavy atom. The Morgan fingerprint density at radius 2 is 1.84 bits per heavy atom. The number of aromatic nitrogens is 2. The second-order valence-electron chi connectivity index (χ2n) is 5.64. The number of para-hydroxylation sites is 1. The molecule has 1 aromatic heterocycles. The maximum atomic E-state index is 6.05. The maximum absolute atomic E-state index is 6.05. The number of hydrogen-bond acceptors (Lipinski definition) is 5. The fourth-order valence-corrected chi connectivity index (χ4v) is 2.42. The van der Waals surface area contributed by atoms with Gasteiger partial charge in [-0.1, -0.05) is 54.5 Å². The summed E-state index contributed by atoms with van der Waals surface area (Å²) in [4.78, 5) is 4.50. The number of halogens is 1. The van der Waals surface area contributed by atoms with Gasteiger partial charge in [-0.2, -0.15) is 4.98 Å². The fourth-order valence-electron chi connectivity index (χ4n) is 2.42. The predicted octanol–water partition coefficient (Wildman–Crippen LogP) is 4.46. The Morgan fingerprint density at radius 3 is 2.48 bits per heavy atom. The zero-order valence-corrected chi connectivity index (χ0v) is 15.1. The Kier molecular flexibility index (Phi) is 6.56. The maximum Gasteiger partial charge on any atom is 0.268 e. The van der Waals surface area contributed by atoms with Crippen LogP contribution in [0.2, 0.25) is 0 Å². The topological polar surface area (TPSA) is 74.2 Å². The number of benzene rings is 2. The molecule has 0 spiro atoms. The summed E-state index contributed by atoms with van der Waals surface area (Å²) in [5.74, 6) is 1.87. The van der Waals surface area contributed by atoms with E-state index in [0.29, 0.717) is 18.3 Å². The largest absolute Gasteiger partial charge is 0.480 e. The number of rotatable bonds is 6. The van der Waals surface area contributed by atoms with Crippen molar-refractivity contribution in [3.8, 4) is 17.1 Å². The van der Waals surface area contributed by atoms with Crippen LogP contribution in [0.4, 0.5) is 0 Å². The summed E-state index contributed by atoms with van der Waals surface area (Å²) < 4.78 is 11.5. The molecule has 25 heavy (non-hydrogen) atoms. The average Bonchev–Trinajstić information content (AvgIpc) is 3.11. The molecule has 0 saturated carbocycles. The first kappa shape index (κ1) is 19.0. The molecule has 3 rings (SSSR count). The van der Waals surface area contributed by atoms with E-state index in [9.17, 15) is 0 Å². The van der Waals surface area contributed by atoms with E-state index in [1.54, 1.807) is 0 Å². The summed E-state index contributed by atoms with van der Waals surface area (Å²) in [5, 5.41) is 4.08. The summed E-state index contributed by atoms with van der Waals surface area (Å²) in [6, 6.07) is 15.7. The first-order chi connectivity index (χ1) is 11.7. The van der Waals surface area contributed by atoms with Gasteiger partial charge < -0.3 is 15.0 Å². The number of nitrogens with zero attached hydrogens (tertiary/aromatic N) is 2. The van der Waals surface area contributed by atoms with Crippen molar-refractivity contribution in [1.82, 2.24) is 10.1 Å². The molecule has 5 nitrogen and oxygen atoms in total. The van der Waals surface area contributed by atoms with Crippen LogP contribution in [0.15, 0.2) is 53.1 Å². The molecule has 3 aromatic rings. The Bertz CT molecular complexity index is 802. The molecule has 0 aliphatic rings. The third kappa shape index (κ3) is 4.38. The van der Waals surface area contributed by atoms with Gasteiger partial charge in [0, 0.05) is 12.1 Å². The quantitative estimate of drug-likeness (QED) is 0.703. The second kappa shape index (κ2) is 8.65. The highest BCUT2D eigenvalue weighted by atomic mass is 35.5. The highest BCUT2D eigenvalue weighted by Crippen LogP contribution is 2.27. The number of hydrogen-bond donors (Lipinski definition) is 1. The summed E-state index contributed by atoms with van der Waals surface area (Å²) in [7, 11) is 0. The zero-order chi connectivity index (χ0) is 16.9. The van der Waals surface area contributed by atoms with E-state index in [-0.39, 0.29) is 18.5 Å². The van der Waals surface area contributed by atoms with Crippen LogP contribution in [-0.4, -0.2) is 10.1 Å². The van der Waals surface area contributed by atoms with Gasteiger partial charge in [0.1, 0.15) is 5.75 Å². The molecule has 2 N–H and O–H groups in total. The normalized spacial score (nSPS) is 11.6. The lowest BCUT2D eigenvalue weighted by molar-refractivity contribution is 0.153. The van der Waals surface area contributed by atoms with E-state index in [4.69, 9.17) is 15.0 Å². The average molecular weight is 360 g/mol. The minimum Gasteiger partial charge on any atom is -0.480 e. The van der Waals surface area contributed by atoms with Crippen LogP contribution in [-0.2, 0) is 6.54 Å². The molecule has 0 saturated heterocycles. The van der Waals surface area contributed by atoms with Crippen molar-refractivity contribution in [1.29, 1.82) is 0 Å². The lowest BCUT2D eigenvalue weighted by Gasteiger charge is -2.15. The SMILES string of the molecule is CCC(Oc1ccccc1C)c1nc(-c2ccc(CN)cc2)no1.Cl. The third-order valence-corrected chi connectivity index (χ3v) is 3.90. The molecule has 2 aromatic carbocycles. The molecule has 0 aliphatic carbocycles. The van der Waals surface area contributed by atoms with Gasteiger partial charge >= 0.3 is 0 Å². The van der Waals surface area contributed by atoms with Gasteiger partial charge in [-0.05, 0) is 30.5 Å². The molecule has 0 fully saturated rings. The molecular weight excluding hydrogens is 338 g/mol. The predicted molar refractivity (Wildman–Crippen MR) is 99.7 cm³/mol. The summed E-state index contributed by atoms with van der Waals surface area (Å²) in [6.45, 7) is 4.56. The standard InChI is InChI=1S/C19H21N3O2.ClH/c1-3-16(23-17-7-5-4-6-13(17)2)19-21-18(22-24-19)15-10-8-14(12-20)9-11-15;/h4-11,16H,3,12,20H2,1-2H3;1H. The second-order valence-corrected chi connectivity index (χ2v) is 5.64. The molecule has 6 heteroatoms. The number of aryl methyl sites for hydroxylation is 1. The van der Waals surface area contributed by atoms with Crippen molar-refractivity contribution in [2.75, 3.05) is 0 Å². The summed E-state index contributed by atoms with van der Waals surface area (Å²) >= 11 is 0. The molecule has 0 bridgehead atoms. The number of ether oxygens (including phenoxy) is 1. The van der Waals surface area contributed by atoms with Gasteiger partial charge in [0.2, 0.25) is 5.82 Å². The van der Waals surface area contributed by atoms with Crippen LogP contribution in [0.1, 0.15) is 36.5 Å². The van der Waals surface area contributed by atoms with Gasteiger partial charge in [0.05, 0.1) is 0 Å². The molecule has 1 atom stereocenters. The lowest BCUT2D eigenvalue weighted by atomic mass is 10.1. The monoisotopic (exact) mass is 359 g/mol. The van der Waals surface area contributed by atoms with Crippen LogP contribution in [0.25, 0.3) is 11.4 Å². The first-order valence-electron chi connectivity index (χ1n) is 8.06. The summed E-state index contributed by atoms with van der Waals surface area (Å²) in [6.07, 6.45) is 0.470.